The Morgan fingerprint density at radius 1 is 1.00 bits per heavy atom. The van der Waals surface area contributed by atoms with Crippen LogP contribution < -0.4 is 9.47 Å². The maximum atomic E-state index is 11.8. The second kappa shape index (κ2) is 9.04. The largest absolute Gasteiger partial charge is 0.497 e. The van der Waals surface area contributed by atoms with Gasteiger partial charge in [-0.1, -0.05) is 42.5 Å². The second-order valence-corrected chi connectivity index (χ2v) is 6.38. The van der Waals surface area contributed by atoms with Crippen LogP contribution in [0.4, 0.5) is 0 Å². The number of benzene rings is 2. The summed E-state index contributed by atoms with van der Waals surface area (Å²) < 4.78 is 16.9. The maximum absolute atomic E-state index is 11.8. The predicted octanol–water partition coefficient (Wildman–Crippen LogP) is 4.63. The summed E-state index contributed by atoms with van der Waals surface area (Å²) >= 11 is 0. The molecule has 144 valence electrons. The van der Waals surface area contributed by atoms with Crippen LogP contribution in [0.2, 0.25) is 0 Å². The maximum Gasteiger partial charge on any atom is 0.303 e. The molecule has 0 bridgehead atoms. The molecule has 1 unspecified atom stereocenters. The van der Waals surface area contributed by atoms with Gasteiger partial charge in [0.05, 0.1) is 12.7 Å². The van der Waals surface area contributed by atoms with Gasteiger partial charge in [0, 0.05) is 12.6 Å². The summed E-state index contributed by atoms with van der Waals surface area (Å²) in [6.45, 7) is 3.66. The fraction of sp³-hybridized carbons (Fsp3) is 0.217. The molecule has 0 radical (unpaired) electrons. The van der Waals surface area contributed by atoms with Crippen molar-refractivity contribution < 1.29 is 19.0 Å². The highest BCUT2D eigenvalue weighted by molar-refractivity contribution is 5.67. The number of hydrogen-bond acceptors (Lipinski definition) is 5. The van der Waals surface area contributed by atoms with Gasteiger partial charge >= 0.3 is 5.97 Å². The van der Waals surface area contributed by atoms with Crippen LogP contribution in [0.1, 0.15) is 35.4 Å². The zero-order valence-electron chi connectivity index (χ0n) is 16.2. The minimum Gasteiger partial charge on any atom is -0.497 e. The smallest absolute Gasteiger partial charge is 0.303 e. The van der Waals surface area contributed by atoms with E-state index in [0.717, 1.165) is 22.6 Å². The first kappa shape index (κ1) is 19.4. The number of esters is 1. The minimum atomic E-state index is -0.623. The molecule has 2 aromatic carbocycles. The lowest BCUT2D eigenvalue weighted by molar-refractivity contribution is -0.144. The molecule has 0 amide bonds. The molecule has 0 aliphatic carbocycles. The van der Waals surface area contributed by atoms with Crippen LogP contribution in [0.25, 0.3) is 0 Å². The number of rotatable bonds is 7. The Bertz CT molecular complexity index is 923. The van der Waals surface area contributed by atoms with Gasteiger partial charge in [0.25, 0.3) is 0 Å². The SMILES string of the molecule is COc1ccc(C(OC(C)=O)c2ccc(C)nc2OCc2ccccc2)cc1. The number of pyridine rings is 1. The van der Waals surface area contributed by atoms with Gasteiger partial charge in [0.15, 0.2) is 6.10 Å². The predicted molar refractivity (Wildman–Crippen MR) is 106 cm³/mol. The molecule has 0 fully saturated rings. The van der Waals surface area contributed by atoms with E-state index in [1.807, 2.05) is 73.7 Å². The first-order valence-corrected chi connectivity index (χ1v) is 9.02. The monoisotopic (exact) mass is 377 g/mol. The molecule has 0 saturated heterocycles. The third-order valence-corrected chi connectivity index (χ3v) is 4.23. The molecule has 0 spiro atoms. The van der Waals surface area contributed by atoms with Gasteiger partial charge in [-0.15, -0.1) is 0 Å². The van der Waals surface area contributed by atoms with Gasteiger partial charge < -0.3 is 14.2 Å². The lowest BCUT2D eigenvalue weighted by Crippen LogP contribution is -2.13. The lowest BCUT2D eigenvalue weighted by atomic mass is 10.0. The molecule has 0 saturated carbocycles. The molecular formula is C23H23NO4. The van der Waals surface area contributed by atoms with Crippen molar-refractivity contribution in [3.63, 3.8) is 0 Å². The number of aryl methyl sites for hydroxylation is 1. The molecule has 5 heteroatoms. The van der Waals surface area contributed by atoms with E-state index in [4.69, 9.17) is 14.2 Å². The summed E-state index contributed by atoms with van der Waals surface area (Å²) in [5.41, 5.74) is 3.36. The summed E-state index contributed by atoms with van der Waals surface area (Å²) in [6.07, 6.45) is -0.623. The van der Waals surface area contributed by atoms with Crippen molar-refractivity contribution in [2.24, 2.45) is 0 Å². The Balaban J connectivity index is 1.95. The molecular weight excluding hydrogens is 354 g/mol. The zero-order valence-corrected chi connectivity index (χ0v) is 16.2. The first-order valence-electron chi connectivity index (χ1n) is 9.02. The Morgan fingerprint density at radius 3 is 2.36 bits per heavy atom. The Labute approximate surface area is 164 Å². The van der Waals surface area contributed by atoms with E-state index < -0.39 is 6.10 Å². The van der Waals surface area contributed by atoms with Crippen LogP contribution in [0.5, 0.6) is 11.6 Å². The molecule has 3 aromatic rings. The average molecular weight is 377 g/mol. The van der Waals surface area contributed by atoms with Crippen molar-refractivity contribution in [2.45, 2.75) is 26.6 Å². The van der Waals surface area contributed by atoms with Crippen LogP contribution in [-0.2, 0) is 16.1 Å². The minimum absolute atomic E-state index is 0.375. The number of methoxy groups -OCH3 is 1. The van der Waals surface area contributed by atoms with E-state index in [1.165, 1.54) is 6.92 Å². The van der Waals surface area contributed by atoms with Gasteiger partial charge in [-0.2, -0.15) is 0 Å². The van der Waals surface area contributed by atoms with E-state index >= 15 is 0 Å². The second-order valence-electron chi connectivity index (χ2n) is 6.38. The molecule has 3 rings (SSSR count). The molecule has 28 heavy (non-hydrogen) atoms. The summed E-state index contributed by atoms with van der Waals surface area (Å²) in [7, 11) is 1.61. The van der Waals surface area contributed by atoms with E-state index in [9.17, 15) is 4.79 Å². The highest BCUT2D eigenvalue weighted by Crippen LogP contribution is 2.33. The number of hydrogen-bond donors (Lipinski definition) is 0. The number of ether oxygens (including phenoxy) is 3. The van der Waals surface area contributed by atoms with Crippen molar-refractivity contribution in [1.29, 1.82) is 0 Å². The number of nitrogens with zero attached hydrogens (tertiary/aromatic N) is 1. The van der Waals surface area contributed by atoms with Crippen LogP contribution in [0.15, 0.2) is 66.7 Å². The summed E-state index contributed by atoms with van der Waals surface area (Å²) in [4.78, 5) is 16.3. The summed E-state index contributed by atoms with van der Waals surface area (Å²) in [6, 6.07) is 21.0. The van der Waals surface area contributed by atoms with Gasteiger partial charge in [0.1, 0.15) is 12.4 Å². The van der Waals surface area contributed by atoms with E-state index in [1.54, 1.807) is 7.11 Å². The van der Waals surface area contributed by atoms with E-state index in [-0.39, 0.29) is 5.97 Å². The number of aromatic nitrogens is 1. The van der Waals surface area contributed by atoms with Gasteiger partial charge in [-0.3, -0.25) is 4.79 Å². The molecule has 1 aromatic heterocycles. The van der Waals surface area contributed by atoms with E-state index in [2.05, 4.69) is 4.98 Å². The topological polar surface area (TPSA) is 57.7 Å². The van der Waals surface area contributed by atoms with Crippen LogP contribution >= 0.6 is 0 Å². The molecule has 1 heterocycles. The molecule has 0 N–H and O–H groups in total. The number of carbonyl (C=O) groups excluding carboxylic acids is 1. The quantitative estimate of drug-likeness (QED) is 0.562. The van der Waals surface area contributed by atoms with Crippen molar-refractivity contribution in [2.75, 3.05) is 7.11 Å². The molecule has 0 aliphatic heterocycles. The highest BCUT2D eigenvalue weighted by Gasteiger charge is 2.23. The Morgan fingerprint density at radius 2 is 1.71 bits per heavy atom. The molecule has 5 nitrogen and oxygen atoms in total. The number of carbonyl (C=O) groups is 1. The van der Waals surface area contributed by atoms with Crippen LogP contribution in [0.3, 0.4) is 0 Å². The van der Waals surface area contributed by atoms with Crippen molar-refractivity contribution in [1.82, 2.24) is 4.98 Å². The molecule has 1 atom stereocenters. The summed E-state index contributed by atoms with van der Waals surface area (Å²) in [5, 5.41) is 0. The Kier molecular flexibility index (Phi) is 6.27. The van der Waals surface area contributed by atoms with Crippen molar-refractivity contribution in [3.8, 4) is 11.6 Å². The van der Waals surface area contributed by atoms with Crippen molar-refractivity contribution in [3.05, 3.63) is 89.1 Å². The standard InChI is InChI=1S/C23H23NO4/c1-16-9-14-21(23(24-16)27-15-18-7-5-4-6-8-18)22(28-17(2)25)19-10-12-20(26-3)13-11-19/h4-14,22H,15H2,1-3H3. The average Bonchev–Trinajstić information content (AvgIpc) is 2.71. The first-order chi connectivity index (χ1) is 13.6. The van der Waals surface area contributed by atoms with Crippen LogP contribution in [-0.4, -0.2) is 18.1 Å². The van der Waals surface area contributed by atoms with Gasteiger partial charge in [-0.05, 0) is 42.3 Å². The fourth-order valence-corrected chi connectivity index (χ4v) is 2.84. The van der Waals surface area contributed by atoms with E-state index in [0.29, 0.717) is 18.1 Å². The zero-order chi connectivity index (χ0) is 19.9. The normalized spacial score (nSPS) is 11.5. The van der Waals surface area contributed by atoms with Crippen molar-refractivity contribution >= 4 is 5.97 Å². The molecule has 0 aliphatic rings. The third kappa shape index (κ3) is 4.88. The third-order valence-electron chi connectivity index (χ3n) is 4.23. The Hall–Kier alpha value is -3.34. The lowest BCUT2D eigenvalue weighted by Gasteiger charge is -2.21. The fourth-order valence-electron chi connectivity index (χ4n) is 2.84. The highest BCUT2D eigenvalue weighted by atomic mass is 16.5. The summed E-state index contributed by atoms with van der Waals surface area (Å²) in [5.74, 6) is 0.800. The van der Waals surface area contributed by atoms with Gasteiger partial charge in [-0.25, -0.2) is 4.98 Å². The van der Waals surface area contributed by atoms with Gasteiger partial charge in [0.2, 0.25) is 5.88 Å². The van der Waals surface area contributed by atoms with Crippen LogP contribution in [0, 0.1) is 6.92 Å².